The molecule has 1 N–H and O–H groups in total. The van der Waals surface area contributed by atoms with E-state index in [-0.39, 0.29) is 12.3 Å². The number of hydrogen-bond donors (Lipinski definition) is 1. The largest absolute Gasteiger partial charge is 0.347 e. The van der Waals surface area contributed by atoms with Gasteiger partial charge in [0.1, 0.15) is 0 Å². The number of hydrogen-bond acceptors (Lipinski definition) is 4. The first-order valence-electron chi connectivity index (χ1n) is 9.72. The number of nitrogens with one attached hydrogen (secondary N) is 1. The summed E-state index contributed by atoms with van der Waals surface area (Å²) in [4.78, 5) is 12.2. The molecule has 2 rings (SSSR count). The summed E-state index contributed by atoms with van der Waals surface area (Å²) in [6.45, 7) is 5.15. The molecular weight excluding hydrogens is 304 g/mol. The van der Waals surface area contributed by atoms with Crippen molar-refractivity contribution in [3.63, 3.8) is 0 Å². The van der Waals surface area contributed by atoms with Crippen molar-refractivity contribution in [3.05, 3.63) is 0 Å². The van der Waals surface area contributed by atoms with E-state index >= 15 is 0 Å². The van der Waals surface area contributed by atoms with Gasteiger partial charge in [-0.25, -0.2) is 5.43 Å². The van der Waals surface area contributed by atoms with Gasteiger partial charge in [0.15, 0.2) is 5.79 Å². The van der Waals surface area contributed by atoms with Crippen LogP contribution < -0.4 is 5.43 Å². The summed E-state index contributed by atoms with van der Waals surface area (Å²) in [5.41, 5.74) is 3.88. The summed E-state index contributed by atoms with van der Waals surface area (Å²) < 4.78 is 11.0. The summed E-state index contributed by atoms with van der Waals surface area (Å²) in [6, 6.07) is 0. The highest BCUT2D eigenvalue weighted by atomic mass is 16.7. The normalized spacial score (nSPS) is 28.1. The monoisotopic (exact) mass is 338 g/mol. The number of nitrogens with zero attached hydrogens (tertiary/aromatic N) is 1. The van der Waals surface area contributed by atoms with Gasteiger partial charge in [-0.2, -0.15) is 5.10 Å². The van der Waals surface area contributed by atoms with E-state index in [2.05, 4.69) is 17.5 Å². The lowest BCUT2D eigenvalue weighted by Crippen LogP contribution is -2.34. The number of rotatable bonds is 3. The lowest BCUT2D eigenvalue weighted by molar-refractivity contribution is -0.159. The van der Waals surface area contributed by atoms with Crippen LogP contribution in [0.3, 0.4) is 0 Å². The molecule has 1 aliphatic carbocycles. The van der Waals surface area contributed by atoms with Crippen LogP contribution in [0.1, 0.15) is 84.5 Å². The minimum atomic E-state index is -0.789. The quantitative estimate of drug-likeness (QED) is 0.786. The molecule has 1 heterocycles. The Labute approximate surface area is 146 Å². The molecule has 5 nitrogen and oxygen atoms in total. The van der Waals surface area contributed by atoms with Gasteiger partial charge in [0.2, 0.25) is 5.91 Å². The van der Waals surface area contributed by atoms with E-state index in [4.69, 9.17) is 9.47 Å². The third-order valence-corrected chi connectivity index (χ3v) is 5.09. The van der Waals surface area contributed by atoms with Gasteiger partial charge < -0.3 is 9.47 Å². The second-order valence-electron chi connectivity index (χ2n) is 7.41. The number of amides is 1. The Morgan fingerprint density at radius 2 is 1.67 bits per heavy atom. The van der Waals surface area contributed by atoms with E-state index in [0.717, 1.165) is 12.1 Å². The average Bonchev–Trinajstić information content (AvgIpc) is 2.96. The number of carbonyl (C=O) groups excluding carboxylic acids is 1. The van der Waals surface area contributed by atoms with Crippen molar-refractivity contribution < 1.29 is 14.3 Å². The summed E-state index contributed by atoms with van der Waals surface area (Å²) in [5.74, 6) is -0.480. The predicted molar refractivity (Wildman–Crippen MR) is 95.8 cm³/mol. The van der Waals surface area contributed by atoms with Crippen molar-refractivity contribution in [1.29, 1.82) is 0 Å². The van der Waals surface area contributed by atoms with Crippen LogP contribution in [0.25, 0.3) is 0 Å². The van der Waals surface area contributed by atoms with Crippen molar-refractivity contribution in [2.75, 3.05) is 13.2 Å². The smallest absolute Gasteiger partial charge is 0.245 e. The maximum atomic E-state index is 12.2. The van der Waals surface area contributed by atoms with Crippen LogP contribution in [0.2, 0.25) is 0 Å². The summed E-state index contributed by atoms with van der Waals surface area (Å²) in [5, 5.41) is 4.47. The van der Waals surface area contributed by atoms with Crippen LogP contribution in [0, 0.1) is 5.92 Å². The molecule has 2 fully saturated rings. The Morgan fingerprint density at radius 1 is 1.08 bits per heavy atom. The molecule has 1 amide bonds. The van der Waals surface area contributed by atoms with Gasteiger partial charge in [0.05, 0.1) is 19.6 Å². The molecule has 0 aromatic rings. The fourth-order valence-electron chi connectivity index (χ4n) is 3.52. The zero-order valence-corrected chi connectivity index (χ0v) is 15.4. The molecule has 0 aromatic heterocycles. The Bertz CT molecular complexity index is 417. The van der Waals surface area contributed by atoms with E-state index < -0.39 is 5.79 Å². The highest BCUT2D eigenvalue weighted by Gasteiger charge is 2.33. The molecule has 138 valence electrons. The Morgan fingerprint density at radius 3 is 2.33 bits per heavy atom. The van der Waals surface area contributed by atoms with E-state index in [9.17, 15) is 4.79 Å². The van der Waals surface area contributed by atoms with E-state index in [0.29, 0.717) is 19.1 Å². The average molecular weight is 338 g/mol. The van der Waals surface area contributed by atoms with E-state index in [1.54, 1.807) is 0 Å². The predicted octanol–water partition coefficient (Wildman–Crippen LogP) is 4.16. The molecule has 1 aliphatic heterocycles. The third-order valence-electron chi connectivity index (χ3n) is 5.09. The van der Waals surface area contributed by atoms with Crippen molar-refractivity contribution >= 4 is 11.6 Å². The highest BCUT2D eigenvalue weighted by molar-refractivity contribution is 5.88. The maximum Gasteiger partial charge on any atom is 0.245 e. The molecule has 1 saturated carbocycles. The standard InChI is InChI=1S/C19H34N2O3/c1-16-11-9-7-5-3-4-6-8-10-12-17(16)20-21-18(22)15-19(2)23-13-14-24-19/h16H,3-15H2,1-2H3,(H,21,22)/b20-17-/t16-/m0/s1. The minimum absolute atomic E-state index is 0.134. The highest BCUT2D eigenvalue weighted by Crippen LogP contribution is 2.22. The first kappa shape index (κ1) is 19.4. The molecule has 0 bridgehead atoms. The molecule has 24 heavy (non-hydrogen) atoms. The van der Waals surface area contributed by atoms with E-state index in [1.807, 2.05) is 6.92 Å². The Kier molecular flexibility index (Phi) is 8.19. The zero-order chi connectivity index (χ0) is 17.3. The summed E-state index contributed by atoms with van der Waals surface area (Å²) in [7, 11) is 0. The molecule has 2 aliphatic rings. The van der Waals surface area contributed by atoms with Crippen LogP contribution in [0.4, 0.5) is 0 Å². The van der Waals surface area contributed by atoms with Crippen LogP contribution in [0.5, 0.6) is 0 Å². The van der Waals surface area contributed by atoms with Crippen molar-refractivity contribution in [3.8, 4) is 0 Å². The fraction of sp³-hybridized carbons (Fsp3) is 0.895. The Balaban J connectivity index is 1.86. The van der Waals surface area contributed by atoms with Crippen molar-refractivity contribution in [1.82, 2.24) is 5.43 Å². The molecule has 0 aromatic carbocycles. The first-order chi connectivity index (χ1) is 11.6. The molecule has 1 atom stereocenters. The lowest BCUT2D eigenvalue weighted by atomic mass is 9.92. The van der Waals surface area contributed by atoms with Gasteiger partial charge in [-0.15, -0.1) is 0 Å². The van der Waals surface area contributed by atoms with E-state index in [1.165, 1.54) is 57.8 Å². The minimum Gasteiger partial charge on any atom is -0.347 e. The Hall–Kier alpha value is -0.940. The van der Waals surface area contributed by atoms with Gasteiger partial charge in [0.25, 0.3) is 0 Å². The van der Waals surface area contributed by atoms with Crippen LogP contribution in [-0.4, -0.2) is 30.6 Å². The maximum absolute atomic E-state index is 12.2. The van der Waals surface area contributed by atoms with Crippen LogP contribution in [-0.2, 0) is 14.3 Å². The molecule has 0 spiro atoms. The van der Waals surface area contributed by atoms with Gasteiger partial charge >= 0.3 is 0 Å². The van der Waals surface area contributed by atoms with Gasteiger partial charge in [-0.3, -0.25) is 4.79 Å². The molecule has 1 saturated heterocycles. The first-order valence-corrected chi connectivity index (χ1v) is 9.72. The SMILES string of the molecule is C[C@H]1CCCCCCCCCC/C1=N/NC(=O)CC1(C)OCCO1. The number of ether oxygens (including phenoxy) is 2. The zero-order valence-electron chi connectivity index (χ0n) is 15.4. The summed E-state index contributed by atoms with van der Waals surface area (Å²) >= 11 is 0. The van der Waals surface area contributed by atoms with Crippen molar-refractivity contribution in [2.45, 2.75) is 90.3 Å². The van der Waals surface area contributed by atoms with Crippen LogP contribution in [0.15, 0.2) is 5.10 Å². The number of hydrazone groups is 1. The lowest BCUT2D eigenvalue weighted by Gasteiger charge is -2.21. The fourth-order valence-corrected chi connectivity index (χ4v) is 3.52. The third kappa shape index (κ3) is 6.89. The molecule has 0 radical (unpaired) electrons. The molecule has 5 heteroatoms. The molecular formula is C19H34N2O3. The summed E-state index contributed by atoms with van der Waals surface area (Å²) in [6.07, 6.45) is 12.8. The van der Waals surface area contributed by atoms with Gasteiger partial charge in [-0.05, 0) is 32.1 Å². The second kappa shape index (κ2) is 10.1. The molecule has 0 unspecified atom stereocenters. The second-order valence-corrected chi connectivity index (χ2v) is 7.41. The number of carbonyl (C=O) groups is 1. The topological polar surface area (TPSA) is 59.9 Å². The van der Waals surface area contributed by atoms with Gasteiger partial charge in [0, 0.05) is 5.71 Å². The van der Waals surface area contributed by atoms with Crippen LogP contribution >= 0.6 is 0 Å². The van der Waals surface area contributed by atoms with Crippen molar-refractivity contribution in [2.24, 2.45) is 11.0 Å². The van der Waals surface area contributed by atoms with Gasteiger partial charge in [-0.1, -0.05) is 51.9 Å².